The van der Waals surface area contributed by atoms with Crippen LogP contribution in [0.1, 0.15) is 36.8 Å². The minimum atomic E-state index is -4.56. The zero-order valence-corrected chi connectivity index (χ0v) is 10.2. The van der Waals surface area contributed by atoms with E-state index in [-0.39, 0.29) is 18.4 Å². The third-order valence-electron chi connectivity index (χ3n) is 3.67. The summed E-state index contributed by atoms with van der Waals surface area (Å²) in [6.07, 6.45) is -4.04. The van der Waals surface area contributed by atoms with Crippen molar-refractivity contribution in [2.75, 3.05) is 0 Å². The number of rotatable bonds is 1. The lowest BCUT2D eigenvalue weighted by molar-refractivity contribution is -0.139. The third-order valence-corrected chi connectivity index (χ3v) is 3.67. The van der Waals surface area contributed by atoms with Crippen LogP contribution in [0, 0.1) is 5.82 Å². The Labute approximate surface area is 108 Å². The maximum atomic E-state index is 13.3. The average molecular weight is 277 g/mol. The van der Waals surface area contributed by atoms with Gasteiger partial charge in [0.2, 0.25) is 0 Å². The van der Waals surface area contributed by atoms with Gasteiger partial charge in [0.05, 0.1) is 11.7 Å². The van der Waals surface area contributed by atoms with Crippen molar-refractivity contribution in [2.24, 2.45) is 5.73 Å². The van der Waals surface area contributed by atoms with Crippen molar-refractivity contribution in [3.63, 3.8) is 0 Å². The molecule has 0 radical (unpaired) electrons. The zero-order chi connectivity index (χ0) is 14.3. The number of hydrogen-bond donors (Lipinski definition) is 2. The first kappa shape index (κ1) is 14.3. The highest BCUT2D eigenvalue weighted by atomic mass is 19.4. The van der Waals surface area contributed by atoms with Crippen LogP contribution in [0.4, 0.5) is 17.6 Å². The molecule has 0 unspecified atom stereocenters. The van der Waals surface area contributed by atoms with E-state index in [0.29, 0.717) is 12.8 Å². The number of alkyl halides is 3. The molecule has 6 heteroatoms. The van der Waals surface area contributed by atoms with E-state index >= 15 is 0 Å². The second-order valence-corrected chi connectivity index (χ2v) is 5.07. The molecule has 0 amide bonds. The topological polar surface area (TPSA) is 46.2 Å². The summed E-state index contributed by atoms with van der Waals surface area (Å²) in [5.41, 5.74) is 3.69. The third kappa shape index (κ3) is 2.90. The Morgan fingerprint density at radius 1 is 1.21 bits per heavy atom. The largest absolute Gasteiger partial charge is 0.416 e. The van der Waals surface area contributed by atoms with Crippen molar-refractivity contribution in [3.8, 4) is 0 Å². The van der Waals surface area contributed by atoms with Gasteiger partial charge in [-0.05, 0) is 49.4 Å². The molecule has 0 atom stereocenters. The maximum absolute atomic E-state index is 13.3. The Bertz CT molecular complexity index is 464. The van der Waals surface area contributed by atoms with E-state index in [2.05, 4.69) is 0 Å². The Morgan fingerprint density at radius 3 is 2.32 bits per heavy atom. The molecule has 1 saturated carbocycles. The molecule has 1 aliphatic rings. The first-order valence-corrected chi connectivity index (χ1v) is 6.06. The van der Waals surface area contributed by atoms with Crippen molar-refractivity contribution in [1.29, 1.82) is 0 Å². The number of aliphatic hydroxyl groups excluding tert-OH is 1. The van der Waals surface area contributed by atoms with E-state index in [1.54, 1.807) is 0 Å². The van der Waals surface area contributed by atoms with E-state index in [1.165, 1.54) is 0 Å². The van der Waals surface area contributed by atoms with Crippen LogP contribution in [-0.4, -0.2) is 11.2 Å². The van der Waals surface area contributed by atoms with E-state index in [0.717, 1.165) is 18.2 Å². The summed E-state index contributed by atoms with van der Waals surface area (Å²) in [5.74, 6) is -0.737. The highest BCUT2D eigenvalue weighted by Crippen LogP contribution is 2.42. The summed E-state index contributed by atoms with van der Waals surface area (Å²) in [4.78, 5) is 0. The molecule has 1 fully saturated rings. The summed E-state index contributed by atoms with van der Waals surface area (Å²) in [6, 6.07) is 2.37. The SMILES string of the molecule is NC1(c2cc(F)ccc2C(F)(F)F)CCC(O)CC1. The number of halogens is 4. The highest BCUT2D eigenvalue weighted by Gasteiger charge is 2.41. The maximum Gasteiger partial charge on any atom is 0.416 e. The van der Waals surface area contributed by atoms with Gasteiger partial charge in [-0.15, -0.1) is 0 Å². The Morgan fingerprint density at radius 2 is 1.79 bits per heavy atom. The lowest BCUT2D eigenvalue weighted by atomic mass is 9.75. The van der Waals surface area contributed by atoms with E-state index in [4.69, 9.17) is 5.73 Å². The first-order valence-electron chi connectivity index (χ1n) is 6.06. The lowest BCUT2D eigenvalue weighted by Crippen LogP contribution is -2.43. The van der Waals surface area contributed by atoms with E-state index in [9.17, 15) is 22.7 Å². The Kier molecular flexibility index (Phi) is 3.57. The normalized spacial score (nSPS) is 28.4. The minimum Gasteiger partial charge on any atom is -0.393 e. The van der Waals surface area contributed by atoms with Gasteiger partial charge >= 0.3 is 6.18 Å². The number of nitrogens with two attached hydrogens (primary N) is 1. The molecule has 2 rings (SSSR count). The molecule has 0 aliphatic heterocycles. The molecule has 106 valence electrons. The fraction of sp³-hybridized carbons (Fsp3) is 0.538. The van der Waals surface area contributed by atoms with Crippen LogP contribution in [0.5, 0.6) is 0 Å². The Balaban J connectivity index is 2.46. The van der Waals surface area contributed by atoms with Gasteiger partial charge < -0.3 is 10.8 Å². The summed E-state index contributed by atoms with van der Waals surface area (Å²) >= 11 is 0. The van der Waals surface area contributed by atoms with Crippen LogP contribution in [-0.2, 0) is 11.7 Å². The zero-order valence-electron chi connectivity index (χ0n) is 10.2. The van der Waals surface area contributed by atoms with Crippen molar-refractivity contribution < 1.29 is 22.7 Å². The van der Waals surface area contributed by atoms with Crippen molar-refractivity contribution in [1.82, 2.24) is 0 Å². The highest BCUT2D eigenvalue weighted by molar-refractivity contribution is 5.36. The molecule has 2 nitrogen and oxygen atoms in total. The van der Waals surface area contributed by atoms with E-state index < -0.39 is 29.2 Å². The van der Waals surface area contributed by atoms with Gasteiger partial charge in [-0.1, -0.05) is 0 Å². The molecular formula is C13H15F4NO. The van der Waals surface area contributed by atoms with Crippen LogP contribution in [0.25, 0.3) is 0 Å². The fourth-order valence-electron chi connectivity index (χ4n) is 2.56. The first-order chi connectivity index (χ1) is 8.72. The van der Waals surface area contributed by atoms with Crippen LogP contribution in [0.3, 0.4) is 0 Å². The molecule has 0 heterocycles. The number of aliphatic hydroxyl groups is 1. The molecule has 19 heavy (non-hydrogen) atoms. The van der Waals surface area contributed by atoms with Crippen LogP contribution < -0.4 is 5.73 Å². The molecule has 0 saturated heterocycles. The molecule has 1 aliphatic carbocycles. The van der Waals surface area contributed by atoms with Gasteiger partial charge in [-0.25, -0.2) is 4.39 Å². The smallest absolute Gasteiger partial charge is 0.393 e. The van der Waals surface area contributed by atoms with Gasteiger partial charge in [0.25, 0.3) is 0 Å². The van der Waals surface area contributed by atoms with Gasteiger partial charge in [-0.2, -0.15) is 13.2 Å². The monoisotopic (exact) mass is 277 g/mol. The number of hydrogen-bond acceptors (Lipinski definition) is 2. The van der Waals surface area contributed by atoms with Crippen LogP contribution in [0.2, 0.25) is 0 Å². The molecule has 0 aromatic heterocycles. The summed E-state index contributed by atoms with van der Waals surface area (Å²) in [6.45, 7) is 0. The Hall–Kier alpha value is -1.14. The van der Waals surface area contributed by atoms with Crippen molar-refractivity contribution >= 4 is 0 Å². The number of benzene rings is 1. The van der Waals surface area contributed by atoms with Gasteiger partial charge in [0.1, 0.15) is 5.82 Å². The van der Waals surface area contributed by atoms with Crippen LogP contribution in [0.15, 0.2) is 18.2 Å². The predicted octanol–water partition coefficient (Wildman–Crippen LogP) is 2.93. The van der Waals surface area contributed by atoms with Crippen molar-refractivity contribution in [3.05, 3.63) is 35.1 Å². The quantitative estimate of drug-likeness (QED) is 0.775. The fourth-order valence-corrected chi connectivity index (χ4v) is 2.56. The van der Waals surface area contributed by atoms with Crippen molar-refractivity contribution in [2.45, 2.75) is 43.5 Å². The summed E-state index contributed by atoms with van der Waals surface area (Å²) in [5, 5.41) is 9.42. The summed E-state index contributed by atoms with van der Waals surface area (Å²) < 4.78 is 52.1. The molecule has 0 bridgehead atoms. The van der Waals surface area contributed by atoms with E-state index in [1.807, 2.05) is 0 Å². The van der Waals surface area contributed by atoms with Gasteiger partial charge in [0.15, 0.2) is 0 Å². The van der Waals surface area contributed by atoms with Crippen LogP contribution >= 0.6 is 0 Å². The summed E-state index contributed by atoms with van der Waals surface area (Å²) in [7, 11) is 0. The molecule has 1 aromatic carbocycles. The minimum absolute atomic E-state index is 0.209. The second-order valence-electron chi connectivity index (χ2n) is 5.07. The molecule has 3 N–H and O–H groups in total. The average Bonchev–Trinajstić information content (AvgIpc) is 2.31. The molecule has 0 spiro atoms. The van der Waals surface area contributed by atoms with Gasteiger partial charge in [0, 0.05) is 5.54 Å². The predicted molar refractivity (Wildman–Crippen MR) is 61.7 cm³/mol. The second kappa shape index (κ2) is 4.76. The lowest BCUT2D eigenvalue weighted by Gasteiger charge is -2.37. The molecular weight excluding hydrogens is 262 g/mol. The van der Waals surface area contributed by atoms with Gasteiger partial charge in [-0.3, -0.25) is 0 Å². The standard InChI is InChI=1S/C13H15F4NO/c14-8-1-2-10(13(15,16)17)11(7-8)12(18)5-3-9(19)4-6-12/h1-2,7,9,19H,3-6,18H2. The molecule has 1 aromatic rings.